The lowest BCUT2D eigenvalue weighted by atomic mass is 10.1. The Hall–Kier alpha value is -2.97. The van der Waals surface area contributed by atoms with Gasteiger partial charge in [-0.3, -0.25) is 4.72 Å². The highest BCUT2D eigenvalue weighted by molar-refractivity contribution is 7.92. The summed E-state index contributed by atoms with van der Waals surface area (Å²) >= 11 is 5.78. The lowest BCUT2D eigenvalue weighted by Gasteiger charge is -2.10. The number of halogens is 2. The van der Waals surface area contributed by atoms with Crippen molar-refractivity contribution in [1.82, 2.24) is 15.0 Å². The SMILES string of the molecule is Cc1cc2c(-c3ccc(NS(=O)(=O)c4ccc(Cl)cc4)cc3F)ncnc2[nH]1. The first kappa shape index (κ1) is 18.4. The molecule has 0 saturated carbocycles. The molecule has 4 aromatic rings. The Kier molecular flexibility index (Phi) is 4.52. The van der Waals surface area contributed by atoms with Crippen molar-refractivity contribution in [3.8, 4) is 11.3 Å². The highest BCUT2D eigenvalue weighted by Crippen LogP contribution is 2.30. The second-order valence-corrected chi connectivity index (χ2v) is 8.31. The zero-order valence-electron chi connectivity index (χ0n) is 14.6. The third-order valence-corrected chi connectivity index (χ3v) is 5.81. The number of H-pyrrole nitrogens is 1. The van der Waals surface area contributed by atoms with E-state index in [-0.39, 0.29) is 16.1 Å². The van der Waals surface area contributed by atoms with Gasteiger partial charge in [0.25, 0.3) is 10.0 Å². The zero-order valence-corrected chi connectivity index (χ0v) is 16.1. The largest absolute Gasteiger partial charge is 0.343 e. The lowest BCUT2D eigenvalue weighted by molar-refractivity contribution is 0.601. The Morgan fingerprint density at radius 2 is 1.82 bits per heavy atom. The minimum absolute atomic E-state index is 0.0293. The molecule has 0 aliphatic rings. The van der Waals surface area contributed by atoms with Gasteiger partial charge in [-0.2, -0.15) is 0 Å². The molecule has 0 atom stereocenters. The molecule has 2 heterocycles. The van der Waals surface area contributed by atoms with E-state index in [1.54, 1.807) is 0 Å². The van der Waals surface area contributed by atoms with E-state index in [9.17, 15) is 12.8 Å². The van der Waals surface area contributed by atoms with Gasteiger partial charge >= 0.3 is 0 Å². The Bertz CT molecular complexity index is 1290. The van der Waals surface area contributed by atoms with Crippen molar-refractivity contribution in [2.24, 2.45) is 0 Å². The Morgan fingerprint density at radius 3 is 2.54 bits per heavy atom. The van der Waals surface area contributed by atoms with Crippen LogP contribution in [0.5, 0.6) is 0 Å². The standard InChI is InChI=1S/C19H14ClFN4O2S/c1-11-8-16-18(22-10-23-19(16)24-11)15-7-4-13(9-17(15)21)25-28(26,27)14-5-2-12(20)3-6-14/h2-10,25H,1H3,(H,22,23,24). The normalized spacial score (nSPS) is 11.7. The van der Waals surface area contributed by atoms with Crippen LogP contribution >= 0.6 is 11.6 Å². The first-order valence-electron chi connectivity index (χ1n) is 8.22. The van der Waals surface area contributed by atoms with Crippen molar-refractivity contribution in [3.63, 3.8) is 0 Å². The summed E-state index contributed by atoms with van der Waals surface area (Å²) in [5.41, 5.74) is 2.27. The number of rotatable bonds is 4. The molecule has 0 amide bonds. The second-order valence-electron chi connectivity index (χ2n) is 6.19. The van der Waals surface area contributed by atoms with Crippen molar-refractivity contribution >= 4 is 38.3 Å². The highest BCUT2D eigenvalue weighted by atomic mass is 35.5. The van der Waals surface area contributed by atoms with Crippen LogP contribution in [0.15, 0.2) is 59.8 Å². The maximum atomic E-state index is 14.8. The van der Waals surface area contributed by atoms with Gasteiger partial charge in [0.15, 0.2) is 0 Å². The van der Waals surface area contributed by atoms with Crippen molar-refractivity contribution in [3.05, 3.63) is 71.4 Å². The van der Waals surface area contributed by atoms with Gasteiger partial charge in [-0.15, -0.1) is 0 Å². The van der Waals surface area contributed by atoms with Crippen molar-refractivity contribution < 1.29 is 12.8 Å². The molecule has 0 fully saturated rings. The summed E-state index contributed by atoms with van der Waals surface area (Å²) in [5, 5.41) is 1.11. The summed E-state index contributed by atoms with van der Waals surface area (Å²) < 4.78 is 42.1. The third-order valence-electron chi connectivity index (χ3n) is 4.16. The van der Waals surface area contributed by atoms with Crippen molar-refractivity contribution in [2.75, 3.05) is 4.72 Å². The summed E-state index contributed by atoms with van der Waals surface area (Å²) in [6, 6.07) is 11.6. The van der Waals surface area contributed by atoms with Gasteiger partial charge in [0, 0.05) is 21.7 Å². The molecule has 2 aromatic heterocycles. The zero-order chi connectivity index (χ0) is 19.9. The summed E-state index contributed by atoms with van der Waals surface area (Å²) in [7, 11) is -3.86. The number of sulfonamides is 1. The molecule has 28 heavy (non-hydrogen) atoms. The molecule has 0 spiro atoms. The molecule has 142 valence electrons. The third kappa shape index (κ3) is 3.44. The topological polar surface area (TPSA) is 87.7 Å². The number of aromatic amines is 1. The number of anilines is 1. The predicted molar refractivity (Wildman–Crippen MR) is 106 cm³/mol. The molecule has 0 radical (unpaired) electrons. The Morgan fingerprint density at radius 1 is 1.07 bits per heavy atom. The fraction of sp³-hybridized carbons (Fsp3) is 0.0526. The van der Waals surface area contributed by atoms with Gasteiger partial charge in [0.2, 0.25) is 0 Å². The fourth-order valence-corrected chi connectivity index (χ4v) is 4.06. The average Bonchev–Trinajstić information content (AvgIpc) is 3.02. The number of hydrogen-bond acceptors (Lipinski definition) is 4. The number of aromatic nitrogens is 3. The van der Waals surface area contributed by atoms with Gasteiger partial charge in [0.1, 0.15) is 17.8 Å². The molecular formula is C19H14ClFN4O2S. The van der Waals surface area contributed by atoms with Crippen LogP contribution < -0.4 is 4.72 Å². The smallest absolute Gasteiger partial charge is 0.261 e. The van der Waals surface area contributed by atoms with Crippen LogP contribution in [0.25, 0.3) is 22.3 Å². The van der Waals surface area contributed by atoms with Crippen LogP contribution in [0.2, 0.25) is 5.02 Å². The van der Waals surface area contributed by atoms with Gasteiger partial charge in [0.05, 0.1) is 16.3 Å². The quantitative estimate of drug-likeness (QED) is 0.511. The summed E-state index contributed by atoms with van der Waals surface area (Å²) in [6.45, 7) is 1.87. The van der Waals surface area contributed by atoms with Crippen LogP contribution in [0.3, 0.4) is 0 Å². The van der Waals surface area contributed by atoms with Crippen LogP contribution in [-0.2, 0) is 10.0 Å². The number of hydrogen-bond donors (Lipinski definition) is 2. The predicted octanol–water partition coefficient (Wildman–Crippen LogP) is 4.53. The van der Waals surface area contributed by atoms with E-state index in [4.69, 9.17) is 11.6 Å². The summed E-state index contributed by atoms with van der Waals surface area (Å²) in [5.74, 6) is -0.602. The minimum atomic E-state index is -3.86. The maximum absolute atomic E-state index is 14.8. The molecule has 0 bridgehead atoms. The van der Waals surface area contributed by atoms with E-state index < -0.39 is 15.8 Å². The van der Waals surface area contributed by atoms with Crippen molar-refractivity contribution in [2.45, 2.75) is 11.8 Å². The first-order valence-corrected chi connectivity index (χ1v) is 10.1. The van der Waals surface area contributed by atoms with Gasteiger partial charge in [-0.05, 0) is 55.5 Å². The van der Waals surface area contributed by atoms with Gasteiger partial charge in [-0.1, -0.05) is 11.6 Å². The number of fused-ring (bicyclic) bond motifs is 1. The van der Waals surface area contributed by atoms with Crippen molar-refractivity contribution in [1.29, 1.82) is 0 Å². The van der Waals surface area contributed by atoms with Crippen LogP contribution in [0, 0.1) is 12.7 Å². The number of benzene rings is 2. The van der Waals surface area contributed by atoms with E-state index in [1.165, 1.54) is 42.7 Å². The number of nitrogens with zero attached hydrogens (tertiary/aromatic N) is 2. The Labute approximate surface area is 165 Å². The average molecular weight is 417 g/mol. The fourth-order valence-electron chi connectivity index (χ4n) is 2.88. The summed E-state index contributed by atoms with van der Waals surface area (Å²) in [4.78, 5) is 11.4. The molecule has 9 heteroatoms. The molecule has 6 nitrogen and oxygen atoms in total. The maximum Gasteiger partial charge on any atom is 0.261 e. The molecule has 0 aliphatic heterocycles. The van der Waals surface area contributed by atoms with E-state index in [0.29, 0.717) is 21.7 Å². The molecule has 2 N–H and O–H groups in total. The second kappa shape index (κ2) is 6.88. The molecule has 0 unspecified atom stereocenters. The molecule has 4 rings (SSSR count). The van der Waals surface area contributed by atoms with E-state index in [0.717, 1.165) is 11.8 Å². The molecule has 0 saturated heterocycles. The van der Waals surface area contributed by atoms with Gasteiger partial charge < -0.3 is 4.98 Å². The summed E-state index contributed by atoms with van der Waals surface area (Å²) in [6.07, 6.45) is 1.35. The van der Waals surface area contributed by atoms with Crippen LogP contribution in [0.4, 0.5) is 10.1 Å². The monoisotopic (exact) mass is 416 g/mol. The number of aryl methyl sites for hydroxylation is 1. The minimum Gasteiger partial charge on any atom is -0.343 e. The van der Waals surface area contributed by atoms with E-state index in [1.807, 2.05) is 13.0 Å². The highest BCUT2D eigenvalue weighted by Gasteiger charge is 2.17. The molecular weight excluding hydrogens is 403 g/mol. The van der Waals surface area contributed by atoms with E-state index in [2.05, 4.69) is 19.7 Å². The van der Waals surface area contributed by atoms with Gasteiger partial charge in [-0.25, -0.2) is 22.8 Å². The lowest BCUT2D eigenvalue weighted by Crippen LogP contribution is -2.13. The Balaban J connectivity index is 1.69. The van der Waals surface area contributed by atoms with E-state index >= 15 is 0 Å². The number of nitrogens with one attached hydrogen (secondary N) is 2. The van der Waals surface area contributed by atoms with Crippen LogP contribution in [-0.4, -0.2) is 23.4 Å². The first-order chi connectivity index (χ1) is 13.3. The van der Waals surface area contributed by atoms with Crippen LogP contribution in [0.1, 0.15) is 5.69 Å². The molecule has 2 aromatic carbocycles. The molecule has 0 aliphatic carbocycles.